The topological polar surface area (TPSA) is 78.8 Å². The first kappa shape index (κ1) is 21.3. The van der Waals surface area contributed by atoms with Crippen molar-refractivity contribution in [3.8, 4) is 11.4 Å². The van der Waals surface area contributed by atoms with E-state index < -0.39 is 0 Å². The van der Waals surface area contributed by atoms with Crippen LogP contribution in [0.1, 0.15) is 38.1 Å². The number of H-pyrrole nitrogens is 1. The molecule has 1 aliphatic carbocycles. The number of carbonyl (C=O) groups excluding carboxylic acids is 1. The Morgan fingerprint density at radius 3 is 2.62 bits per heavy atom. The number of para-hydroxylation sites is 1. The molecule has 7 nitrogen and oxygen atoms in total. The molecule has 1 aliphatic heterocycles. The minimum atomic E-state index is -0.0327. The van der Waals surface area contributed by atoms with E-state index in [1.54, 1.807) is 0 Å². The number of aromatic amines is 1. The Morgan fingerprint density at radius 1 is 1.03 bits per heavy atom. The molecule has 1 saturated carbocycles. The van der Waals surface area contributed by atoms with E-state index >= 15 is 0 Å². The number of thioether (sulfide) groups is 1. The van der Waals surface area contributed by atoms with E-state index in [0.717, 1.165) is 59.1 Å². The lowest BCUT2D eigenvalue weighted by Gasteiger charge is -2.28. The van der Waals surface area contributed by atoms with Crippen LogP contribution < -0.4 is 10.2 Å². The van der Waals surface area contributed by atoms with Crippen LogP contribution in [0.4, 0.5) is 11.4 Å². The van der Waals surface area contributed by atoms with Gasteiger partial charge in [0.2, 0.25) is 5.91 Å². The van der Waals surface area contributed by atoms with Gasteiger partial charge in [0.25, 0.3) is 0 Å². The third kappa shape index (κ3) is 4.30. The van der Waals surface area contributed by atoms with Crippen molar-refractivity contribution in [3.63, 3.8) is 0 Å². The summed E-state index contributed by atoms with van der Waals surface area (Å²) in [6.45, 7) is 2.23. The number of hydrogen-bond acceptors (Lipinski definition) is 5. The van der Waals surface area contributed by atoms with E-state index in [0.29, 0.717) is 11.8 Å². The van der Waals surface area contributed by atoms with Crippen LogP contribution in [0.3, 0.4) is 0 Å². The van der Waals surface area contributed by atoms with Gasteiger partial charge < -0.3 is 15.2 Å². The Hall–Kier alpha value is -3.26. The summed E-state index contributed by atoms with van der Waals surface area (Å²) in [6.07, 6.45) is 8.07. The number of carbonyl (C=O) groups is 1. The SMILES string of the molecule is O=C(CSc1nnc(-c2c[nH]c3ccccc23)n1C1CC1)Nc1ccc(N2CCCCC2)cc1. The normalized spacial score (nSPS) is 16.2. The molecule has 3 heterocycles. The second-order valence-corrected chi connectivity index (χ2v) is 10.0. The summed E-state index contributed by atoms with van der Waals surface area (Å²) in [7, 11) is 0. The van der Waals surface area contributed by atoms with Crippen LogP contribution in [0.25, 0.3) is 22.3 Å². The van der Waals surface area contributed by atoms with Crippen molar-refractivity contribution in [2.45, 2.75) is 43.3 Å². The molecule has 2 aliphatic rings. The van der Waals surface area contributed by atoms with Gasteiger partial charge in [0.1, 0.15) is 0 Å². The van der Waals surface area contributed by atoms with Gasteiger partial charge >= 0.3 is 0 Å². The minimum Gasteiger partial charge on any atom is -0.372 e. The molecule has 0 radical (unpaired) electrons. The molecule has 2 N–H and O–H groups in total. The molecule has 2 fully saturated rings. The number of aromatic nitrogens is 4. The summed E-state index contributed by atoms with van der Waals surface area (Å²) < 4.78 is 2.21. The maximum absolute atomic E-state index is 12.7. The van der Waals surface area contributed by atoms with E-state index in [2.05, 4.69) is 54.2 Å². The Bertz CT molecular complexity index is 1300. The van der Waals surface area contributed by atoms with Gasteiger partial charge in [0.05, 0.1) is 5.75 Å². The van der Waals surface area contributed by atoms with Crippen molar-refractivity contribution in [2.75, 3.05) is 29.1 Å². The smallest absolute Gasteiger partial charge is 0.234 e. The lowest BCUT2D eigenvalue weighted by Crippen LogP contribution is -2.29. The summed E-state index contributed by atoms with van der Waals surface area (Å²) in [5.74, 6) is 1.14. The molecule has 0 unspecified atom stereocenters. The molecule has 2 aromatic carbocycles. The fraction of sp³-hybridized carbons (Fsp3) is 0.346. The maximum Gasteiger partial charge on any atom is 0.234 e. The highest BCUT2D eigenvalue weighted by Crippen LogP contribution is 2.42. The zero-order chi connectivity index (χ0) is 22.9. The van der Waals surface area contributed by atoms with Crippen LogP contribution in [0.5, 0.6) is 0 Å². The van der Waals surface area contributed by atoms with Crippen molar-refractivity contribution in [1.82, 2.24) is 19.7 Å². The molecule has 6 rings (SSSR count). The second-order valence-electron chi connectivity index (χ2n) is 9.09. The van der Waals surface area contributed by atoms with Crippen LogP contribution in [-0.2, 0) is 4.79 Å². The Balaban J connectivity index is 1.13. The van der Waals surface area contributed by atoms with E-state index in [1.165, 1.54) is 36.7 Å². The monoisotopic (exact) mass is 472 g/mol. The summed E-state index contributed by atoms with van der Waals surface area (Å²) in [5.41, 5.74) is 4.20. The highest BCUT2D eigenvalue weighted by molar-refractivity contribution is 7.99. The lowest BCUT2D eigenvalue weighted by atomic mass is 10.1. The molecule has 0 bridgehead atoms. The van der Waals surface area contributed by atoms with Gasteiger partial charge in [-0.2, -0.15) is 0 Å². The lowest BCUT2D eigenvalue weighted by molar-refractivity contribution is -0.113. The first-order valence-corrected chi connectivity index (χ1v) is 13.0. The van der Waals surface area contributed by atoms with Crippen molar-refractivity contribution < 1.29 is 4.79 Å². The standard InChI is InChI=1S/C26H28N6OS/c33-24(28-18-8-10-19(11-9-18)31-14-4-1-5-15-31)17-34-26-30-29-25(32(26)20-12-13-20)22-16-27-23-7-3-2-6-21(22)23/h2-3,6-11,16,20,27H,1,4-5,12-15,17H2,(H,28,33). The average Bonchev–Trinajstić information content (AvgIpc) is 3.49. The molecule has 0 atom stereocenters. The largest absolute Gasteiger partial charge is 0.372 e. The van der Waals surface area contributed by atoms with Crippen LogP contribution in [0.2, 0.25) is 0 Å². The summed E-state index contributed by atoms with van der Waals surface area (Å²) >= 11 is 1.45. The third-order valence-corrected chi connectivity index (χ3v) is 7.55. The van der Waals surface area contributed by atoms with Gasteiger partial charge in [-0.3, -0.25) is 9.36 Å². The van der Waals surface area contributed by atoms with Crippen LogP contribution >= 0.6 is 11.8 Å². The Morgan fingerprint density at radius 2 is 1.82 bits per heavy atom. The first-order chi connectivity index (χ1) is 16.8. The minimum absolute atomic E-state index is 0.0327. The highest BCUT2D eigenvalue weighted by atomic mass is 32.2. The Kier molecular flexibility index (Phi) is 5.74. The highest BCUT2D eigenvalue weighted by Gasteiger charge is 2.31. The fourth-order valence-corrected chi connectivity index (χ4v) is 5.52. The van der Waals surface area contributed by atoms with Gasteiger partial charge in [0.15, 0.2) is 11.0 Å². The number of hydrogen-bond donors (Lipinski definition) is 2. The zero-order valence-corrected chi connectivity index (χ0v) is 19.9. The van der Waals surface area contributed by atoms with Gasteiger partial charge in [-0.25, -0.2) is 0 Å². The van der Waals surface area contributed by atoms with Crippen molar-refractivity contribution >= 4 is 39.9 Å². The average molecular weight is 473 g/mol. The van der Waals surface area contributed by atoms with E-state index in [-0.39, 0.29) is 5.91 Å². The fourth-order valence-electron chi connectivity index (χ4n) is 4.71. The zero-order valence-electron chi connectivity index (χ0n) is 19.0. The molecular formula is C26H28N6OS. The van der Waals surface area contributed by atoms with Gasteiger partial charge in [-0.05, 0) is 62.4 Å². The molecule has 174 valence electrons. The summed E-state index contributed by atoms with van der Waals surface area (Å²) in [6, 6.07) is 16.8. The predicted molar refractivity (Wildman–Crippen MR) is 137 cm³/mol. The number of nitrogens with zero attached hydrogens (tertiary/aromatic N) is 4. The third-order valence-electron chi connectivity index (χ3n) is 6.61. The number of nitrogens with one attached hydrogen (secondary N) is 2. The van der Waals surface area contributed by atoms with Crippen molar-refractivity contribution in [3.05, 3.63) is 54.7 Å². The van der Waals surface area contributed by atoms with Gasteiger partial charge in [0, 0.05) is 53.2 Å². The van der Waals surface area contributed by atoms with Crippen LogP contribution in [-0.4, -0.2) is 44.5 Å². The second kappa shape index (κ2) is 9.18. The molecule has 2 aromatic heterocycles. The number of fused-ring (bicyclic) bond motifs is 1. The van der Waals surface area contributed by atoms with Crippen LogP contribution in [0, 0.1) is 0 Å². The molecule has 8 heteroatoms. The molecular weight excluding hydrogens is 444 g/mol. The van der Waals surface area contributed by atoms with Crippen molar-refractivity contribution in [1.29, 1.82) is 0 Å². The maximum atomic E-state index is 12.7. The number of piperidine rings is 1. The molecule has 1 amide bonds. The van der Waals surface area contributed by atoms with Crippen molar-refractivity contribution in [2.24, 2.45) is 0 Å². The van der Waals surface area contributed by atoms with Gasteiger partial charge in [-0.15, -0.1) is 10.2 Å². The molecule has 1 saturated heterocycles. The first-order valence-electron chi connectivity index (χ1n) is 12.1. The van der Waals surface area contributed by atoms with E-state index in [9.17, 15) is 4.79 Å². The quantitative estimate of drug-likeness (QED) is 0.348. The summed E-state index contributed by atoms with van der Waals surface area (Å²) in [4.78, 5) is 18.4. The van der Waals surface area contributed by atoms with Gasteiger partial charge in [-0.1, -0.05) is 30.0 Å². The number of benzene rings is 2. The molecule has 0 spiro atoms. The predicted octanol–water partition coefficient (Wildman–Crippen LogP) is 5.48. The molecule has 34 heavy (non-hydrogen) atoms. The van der Waals surface area contributed by atoms with Crippen LogP contribution in [0.15, 0.2) is 59.9 Å². The molecule has 4 aromatic rings. The number of rotatable bonds is 7. The van der Waals surface area contributed by atoms with E-state index in [4.69, 9.17) is 0 Å². The Labute approximate surface area is 202 Å². The number of amides is 1. The number of anilines is 2. The summed E-state index contributed by atoms with van der Waals surface area (Å²) in [5, 5.41) is 13.9. The van der Waals surface area contributed by atoms with E-state index in [1.807, 2.05) is 30.5 Å².